The second-order valence-electron chi connectivity index (χ2n) is 3.91. The zero-order valence-electron chi connectivity index (χ0n) is 9.71. The predicted octanol–water partition coefficient (Wildman–Crippen LogP) is 3.26. The molecule has 1 aromatic heterocycles. The number of hydrogen-bond donors (Lipinski definition) is 1. The number of benzene rings is 1. The summed E-state index contributed by atoms with van der Waals surface area (Å²) in [4.78, 5) is 1.35. The first-order chi connectivity index (χ1) is 8.40. The number of rotatable bonds is 6. The number of ether oxygens (including phenoxy) is 1. The first-order valence-corrected chi connectivity index (χ1v) is 6.69. The minimum absolute atomic E-state index is 0.403. The molecule has 2 rings (SSSR count). The van der Waals surface area contributed by atoms with Gasteiger partial charge < -0.3 is 10.5 Å². The molecule has 0 aliphatic carbocycles. The Morgan fingerprint density at radius 3 is 2.59 bits per heavy atom. The van der Waals surface area contributed by atoms with Gasteiger partial charge in [0.15, 0.2) is 0 Å². The Labute approximate surface area is 106 Å². The lowest BCUT2D eigenvalue weighted by Crippen LogP contribution is -2.13. The molecule has 0 amide bonds. The zero-order chi connectivity index (χ0) is 11.9. The number of nitrogens with two attached hydrogens (primary N) is 1. The van der Waals surface area contributed by atoms with Crippen molar-refractivity contribution in [3.05, 3.63) is 52.7 Å². The average molecular weight is 247 g/mol. The number of hydrogen-bond acceptors (Lipinski definition) is 3. The van der Waals surface area contributed by atoms with Crippen molar-refractivity contribution < 1.29 is 4.74 Å². The lowest BCUT2D eigenvalue weighted by atomic mass is 10.1. The fraction of sp³-hybridized carbons (Fsp3) is 0.286. The minimum atomic E-state index is 0.403. The van der Waals surface area contributed by atoms with Gasteiger partial charge in [-0.1, -0.05) is 24.3 Å². The quantitative estimate of drug-likeness (QED) is 0.850. The molecule has 0 fully saturated rings. The van der Waals surface area contributed by atoms with Gasteiger partial charge in [0.25, 0.3) is 0 Å². The molecule has 2 N–H and O–H groups in total. The molecule has 0 spiro atoms. The molecule has 1 heterocycles. The Morgan fingerprint density at radius 2 is 1.94 bits per heavy atom. The van der Waals surface area contributed by atoms with Crippen LogP contribution in [0.15, 0.2) is 47.8 Å². The zero-order valence-corrected chi connectivity index (χ0v) is 10.5. The summed E-state index contributed by atoms with van der Waals surface area (Å²) < 4.78 is 5.80. The van der Waals surface area contributed by atoms with Gasteiger partial charge in [0.1, 0.15) is 5.75 Å². The second-order valence-corrected chi connectivity index (χ2v) is 4.89. The summed E-state index contributed by atoms with van der Waals surface area (Å²) in [5.74, 6) is 1.33. The normalized spacial score (nSPS) is 12.3. The summed E-state index contributed by atoms with van der Waals surface area (Å²) in [6.07, 6.45) is 0.966. The van der Waals surface area contributed by atoms with Crippen LogP contribution in [0.5, 0.6) is 5.75 Å². The van der Waals surface area contributed by atoms with Crippen molar-refractivity contribution in [2.45, 2.75) is 12.3 Å². The van der Waals surface area contributed by atoms with Crippen molar-refractivity contribution in [3.8, 4) is 5.75 Å². The standard InChI is InChI=1S/C14H17NOS/c15-9-8-12(14-7-4-10-17-14)11-16-13-5-2-1-3-6-13/h1-7,10,12H,8-9,11,15H2. The van der Waals surface area contributed by atoms with Crippen LogP contribution in [0, 0.1) is 0 Å². The van der Waals surface area contributed by atoms with Gasteiger partial charge in [-0.05, 0) is 36.5 Å². The smallest absolute Gasteiger partial charge is 0.119 e. The summed E-state index contributed by atoms with van der Waals surface area (Å²) in [7, 11) is 0. The van der Waals surface area contributed by atoms with Crippen molar-refractivity contribution in [1.82, 2.24) is 0 Å². The van der Waals surface area contributed by atoms with E-state index in [1.165, 1.54) is 4.88 Å². The largest absolute Gasteiger partial charge is 0.493 e. The molecule has 17 heavy (non-hydrogen) atoms. The lowest BCUT2D eigenvalue weighted by Gasteiger charge is -2.15. The van der Waals surface area contributed by atoms with E-state index in [0.29, 0.717) is 19.1 Å². The van der Waals surface area contributed by atoms with E-state index in [0.717, 1.165) is 12.2 Å². The van der Waals surface area contributed by atoms with Gasteiger partial charge >= 0.3 is 0 Å². The van der Waals surface area contributed by atoms with Crippen LogP contribution in [0.1, 0.15) is 17.2 Å². The van der Waals surface area contributed by atoms with Crippen LogP contribution in [0.4, 0.5) is 0 Å². The van der Waals surface area contributed by atoms with Gasteiger partial charge in [0.2, 0.25) is 0 Å². The molecule has 2 nitrogen and oxygen atoms in total. The SMILES string of the molecule is NCCC(COc1ccccc1)c1cccs1. The maximum atomic E-state index is 5.80. The van der Waals surface area contributed by atoms with Crippen LogP contribution >= 0.6 is 11.3 Å². The van der Waals surface area contributed by atoms with E-state index in [1.807, 2.05) is 30.3 Å². The molecule has 0 radical (unpaired) electrons. The minimum Gasteiger partial charge on any atom is -0.493 e. The Kier molecular flexibility index (Phi) is 4.59. The third kappa shape index (κ3) is 3.58. The van der Waals surface area contributed by atoms with Gasteiger partial charge in [-0.2, -0.15) is 0 Å². The molecule has 1 atom stereocenters. The maximum absolute atomic E-state index is 5.80. The van der Waals surface area contributed by atoms with Gasteiger partial charge in [-0.3, -0.25) is 0 Å². The lowest BCUT2D eigenvalue weighted by molar-refractivity contribution is 0.284. The molecule has 0 aliphatic heterocycles. The highest BCUT2D eigenvalue weighted by Gasteiger charge is 2.12. The fourth-order valence-electron chi connectivity index (χ4n) is 1.75. The average Bonchev–Trinajstić information content (AvgIpc) is 2.89. The molecule has 0 saturated heterocycles. The second kappa shape index (κ2) is 6.42. The van der Waals surface area contributed by atoms with Crippen LogP contribution in [0.2, 0.25) is 0 Å². The Balaban J connectivity index is 1.95. The summed E-state index contributed by atoms with van der Waals surface area (Å²) in [5, 5.41) is 2.10. The highest BCUT2D eigenvalue weighted by molar-refractivity contribution is 7.10. The molecular formula is C14H17NOS. The van der Waals surface area contributed by atoms with E-state index < -0.39 is 0 Å². The maximum Gasteiger partial charge on any atom is 0.119 e. The molecular weight excluding hydrogens is 230 g/mol. The molecule has 0 bridgehead atoms. The van der Waals surface area contributed by atoms with Crippen molar-refractivity contribution in [2.24, 2.45) is 5.73 Å². The van der Waals surface area contributed by atoms with Crippen LogP contribution in [0.25, 0.3) is 0 Å². The number of thiophene rings is 1. The van der Waals surface area contributed by atoms with E-state index in [1.54, 1.807) is 11.3 Å². The molecule has 90 valence electrons. The van der Waals surface area contributed by atoms with E-state index in [4.69, 9.17) is 10.5 Å². The van der Waals surface area contributed by atoms with Crippen molar-refractivity contribution >= 4 is 11.3 Å². The van der Waals surface area contributed by atoms with Gasteiger partial charge in [-0.25, -0.2) is 0 Å². The van der Waals surface area contributed by atoms with E-state index >= 15 is 0 Å². The highest BCUT2D eigenvalue weighted by atomic mass is 32.1. The van der Waals surface area contributed by atoms with E-state index in [9.17, 15) is 0 Å². The van der Waals surface area contributed by atoms with Crippen LogP contribution < -0.4 is 10.5 Å². The molecule has 0 saturated carbocycles. The molecule has 2 aromatic rings. The fourth-order valence-corrected chi connectivity index (χ4v) is 2.60. The third-order valence-corrected chi connectivity index (χ3v) is 3.69. The van der Waals surface area contributed by atoms with Crippen molar-refractivity contribution in [2.75, 3.05) is 13.2 Å². The monoisotopic (exact) mass is 247 g/mol. The van der Waals surface area contributed by atoms with Crippen LogP contribution in [0.3, 0.4) is 0 Å². The van der Waals surface area contributed by atoms with Crippen molar-refractivity contribution in [3.63, 3.8) is 0 Å². The molecule has 1 aromatic carbocycles. The predicted molar refractivity (Wildman–Crippen MR) is 72.7 cm³/mol. The summed E-state index contributed by atoms with van der Waals surface area (Å²) in [5.41, 5.74) is 5.65. The first-order valence-electron chi connectivity index (χ1n) is 5.81. The van der Waals surface area contributed by atoms with E-state index in [2.05, 4.69) is 17.5 Å². The Morgan fingerprint density at radius 1 is 1.12 bits per heavy atom. The van der Waals surface area contributed by atoms with Gasteiger partial charge in [0.05, 0.1) is 6.61 Å². The summed E-state index contributed by atoms with van der Waals surface area (Å²) in [6.45, 7) is 1.39. The molecule has 0 aliphatic rings. The third-order valence-electron chi connectivity index (χ3n) is 2.66. The first kappa shape index (κ1) is 12.1. The summed E-state index contributed by atoms with van der Waals surface area (Å²) in [6, 6.07) is 14.1. The van der Waals surface area contributed by atoms with Crippen molar-refractivity contribution in [1.29, 1.82) is 0 Å². The topological polar surface area (TPSA) is 35.2 Å². The summed E-state index contributed by atoms with van der Waals surface area (Å²) >= 11 is 1.77. The van der Waals surface area contributed by atoms with Crippen LogP contribution in [-0.2, 0) is 0 Å². The number of para-hydroxylation sites is 1. The highest BCUT2D eigenvalue weighted by Crippen LogP contribution is 2.25. The van der Waals surface area contributed by atoms with E-state index in [-0.39, 0.29) is 0 Å². The van der Waals surface area contributed by atoms with Crippen LogP contribution in [-0.4, -0.2) is 13.2 Å². The van der Waals surface area contributed by atoms with Gasteiger partial charge in [0, 0.05) is 10.8 Å². The molecule has 1 unspecified atom stereocenters. The Bertz CT molecular complexity index is 413. The molecule has 3 heteroatoms. The Hall–Kier alpha value is -1.32. The van der Waals surface area contributed by atoms with Gasteiger partial charge in [-0.15, -0.1) is 11.3 Å².